The number of rotatable bonds is 11. The SMILES string of the molecule is Cc1c(CCOc2cc(Cl)ccc2-c2ccc3ncc(CCCC(C)(C)NC(=O)O)n3c2)c(C(=O)N(C)C)nn1C. The zero-order chi connectivity index (χ0) is 29.9. The van der Waals surface area contributed by atoms with Gasteiger partial charge in [-0.1, -0.05) is 11.6 Å². The fourth-order valence-corrected chi connectivity index (χ4v) is 5.05. The topological polar surface area (TPSA) is 114 Å². The predicted molar refractivity (Wildman–Crippen MR) is 159 cm³/mol. The molecule has 3 aromatic heterocycles. The lowest BCUT2D eigenvalue weighted by atomic mass is 9.97. The highest BCUT2D eigenvalue weighted by Crippen LogP contribution is 2.33. The monoisotopic (exact) mass is 580 g/mol. The summed E-state index contributed by atoms with van der Waals surface area (Å²) < 4.78 is 10.0. The van der Waals surface area contributed by atoms with Crippen LogP contribution in [0.4, 0.5) is 4.79 Å². The van der Waals surface area contributed by atoms with E-state index in [4.69, 9.17) is 21.4 Å². The first-order chi connectivity index (χ1) is 19.4. The third kappa shape index (κ3) is 7.00. The quantitative estimate of drug-likeness (QED) is 0.246. The Morgan fingerprint density at radius 1 is 1.17 bits per heavy atom. The first-order valence-electron chi connectivity index (χ1n) is 13.5. The number of carboxylic acid groups (broad SMARTS) is 1. The number of pyridine rings is 1. The van der Waals surface area contributed by atoms with Crippen molar-refractivity contribution in [3.8, 4) is 16.9 Å². The summed E-state index contributed by atoms with van der Waals surface area (Å²) in [5, 5.41) is 16.6. The zero-order valence-corrected chi connectivity index (χ0v) is 25.1. The lowest BCUT2D eigenvalue weighted by Crippen LogP contribution is -2.42. The summed E-state index contributed by atoms with van der Waals surface area (Å²) >= 11 is 6.36. The molecule has 2 N–H and O–H groups in total. The van der Waals surface area contributed by atoms with E-state index in [1.54, 1.807) is 24.8 Å². The maximum atomic E-state index is 12.7. The number of imidazole rings is 1. The molecule has 0 atom stereocenters. The van der Waals surface area contributed by atoms with Crippen LogP contribution in [0.2, 0.25) is 5.02 Å². The standard InChI is InChI=1S/C30H37ClN6O4/c1-19-23(27(34-36(19)6)28(38)35(4)5)13-15-41-25-16-21(31)10-11-24(25)20-9-12-26-32-17-22(37(26)18-20)8-7-14-30(2,3)33-29(39)40/h9-12,16-18,33H,7-8,13-15H2,1-6H3,(H,39,40). The van der Waals surface area contributed by atoms with Gasteiger partial charge in [-0.05, 0) is 70.4 Å². The molecule has 0 aliphatic heterocycles. The first-order valence-corrected chi connectivity index (χ1v) is 13.9. The summed E-state index contributed by atoms with van der Waals surface area (Å²) in [6, 6.07) is 9.53. The summed E-state index contributed by atoms with van der Waals surface area (Å²) in [7, 11) is 5.26. The van der Waals surface area contributed by atoms with Gasteiger partial charge in [0.05, 0.1) is 6.61 Å². The smallest absolute Gasteiger partial charge is 0.405 e. The van der Waals surface area contributed by atoms with Crippen LogP contribution < -0.4 is 10.1 Å². The fourth-order valence-electron chi connectivity index (χ4n) is 4.89. The normalized spacial score (nSPS) is 11.6. The van der Waals surface area contributed by atoms with E-state index in [0.29, 0.717) is 35.9 Å². The molecule has 41 heavy (non-hydrogen) atoms. The van der Waals surface area contributed by atoms with Gasteiger partial charge in [0, 0.05) is 78.6 Å². The van der Waals surface area contributed by atoms with Gasteiger partial charge >= 0.3 is 6.09 Å². The number of halogens is 1. The number of nitrogens with zero attached hydrogens (tertiary/aromatic N) is 5. The van der Waals surface area contributed by atoms with E-state index in [-0.39, 0.29) is 5.91 Å². The highest BCUT2D eigenvalue weighted by atomic mass is 35.5. The minimum atomic E-state index is -1.02. The van der Waals surface area contributed by atoms with E-state index in [0.717, 1.165) is 46.6 Å². The van der Waals surface area contributed by atoms with Crippen LogP contribution in [0.3, 0.4) is 0 Å². The summed E-state index contributed by atoms with van der Waals surface area (Å²) in [4.78, 5) is 29.8. The first kappa shape index (κ1) is 29.9. The van der Waals surface area contributed by atoms with Crippen LogP contribution in [-0.4, -0.2) is 67.4 Å². The number of carbonyl (C=O) groups excluding carboxylic acids is 1. The summed E-state index contributed by atoms with van der Waals surface area (Å²) in [5.41, 5.74) is 5.40. The second-order valence-corrected chi connectivity index (χ2v) is 11.5. The van der Waals surface area contributed by atoms with Crippen LogP contribution >= 0.6 is 11.6 Å². The van der Waals surface area contributed by atoms with Crippen LogP contribution in [0.1, 0.15) is 54.1 Å². The third-order valence-corrected chi connectivity index (χ3v) is 7.43. The summed E-state index contributed by atoms with van der Waals surface area (Å²) in [6.45, 7) is 6.05. The molecule has 218 valence electrons. The molecule has 0 aliphatic carbocycles. The fraction of sp³-hybridized carbons (Fsp3) is 0.400. The number of amides is 2. The number of aromatic nitrogens is 4. The van der Waals surface area contributed by atoms with Gasteiger partial charge in [0.1, 0.15) is 11.4 Å². The van der Waals surface area contributed by atoms with Crippen LogP contribution in [0, 0.1) is 6.92 Å². The largest absolute Gasteiger partial charge is 0.493 e. The Bertz CT molecular complexity index is 1570. The maximum absolute atomic E-state index is 12.7. The Hall–Kier alpha value is -4.05. The molecule has 0 spiro atoms. The zero-order valence-electron chi connectivity index (χ0n) is 24.4. The van der Waals surface area contributed by atoms with Gasteiger partial charge in [0.2, 0.25) is 0 Å². The Kier molecular flexibility index (Phi) is 8.92. The molecular formula is C30H37ClN6O4. The van der Waals surface area contributed by atoms with Crippen molar-refractivity contribution in [1.29, 1.82) is 0 Å². The highest BCUT2D eigenvalue weighted by molar-refractivity contribution is 6.30. The number of fused-ring (bicyclic) bond motifs is 1. The molecule has 0 aliphatic rings. The van der Waals surface area contributed by atoms with E-state index in [9.17, 15) is 9.59 Å². The molecule has 4 rings (SSSR count). The maximum Gasteiger partial charge on any atom is 0.405 e. The molecule has 0 radical (unpaired) electrons. The molecule has 0 fully saturated rings. The van der Waals surface area contributed by atoms with Gasteiger partial charge in [0.15, 0.2) is 5.69 Å². The lowest BCUT2D eigenvalue weighted by molar-refractivity contribution is 0.0820. The van der Waals surface area contributed by atoms with E-state index in [1.807, 2.05) is 64.5 Å². The highest BCUT2D eigenvalue weighted by Gasteiger charge is 2.22. The van der Waals surface area contributed by atoms with Gasteiger partial charge in [-0.3, -0.25) is 9.48 Å². The van der Waals surface area contributed by atoms with E-state index < -0.39 is 11.6 Å². The third-order valence-electron chi connectivity index (χ3n) is 7.19. The molecule has 4 aromatic rings. The van der Waals surface area contributed by atoms with Gasteiger partial charge in [-0.15, -0.1) is 0 Å². The molecular weight excluding hydrogens is 544 g/mol. The van der Waals surface area contributed by atoms with Crippen LogP contribution in [0.5, 0.6) is 5.75 Å². The second kappa shape index (κ2) is 12.2. The van der Waals surface area contributed by atoms with Gasteiger partial charge in [0.25, 0.3) is 5.91 Å². The molecule has 3 heterocycles. The van der Waals surface area contributed by atoms with E-state index >= 15 is 0 Å². The Morgan fingerprint density at radius 3 is 2.63 bits per heavy atom. The van der Waals surface area contributed by atoms with Crippen LogP contribution in [0.15, 0.2) is 42.7 Å². The number of carbonyl (C=O) groups is 2. The number of ether oxygens (including phenoxy) is 1. The summed E-state index contributed by atoms with van der Waals surface area (Å²) in [5.74, 6) is 0.500. The van der Waals surface area contributed by atoms with Crippen molar-refractivity contribution < 1.29 is 19.4 Å². The molecule has 0 saturated carbocycles. The van der Waals surface area contributed by atoms with Gasteiger partial charge < -0.3 is 24.5 Å². The Morgan fingerprint density at radius 2 is 1.93 bits per heavy atom. The second-order valence-electron chi connectivity index (χ2n) is 11.0. The van der Waals surface area contributed by atoms with Crippen molar-refractivity contribution >= 4 is 29.2 Å². The predicted octanol–water partition coefficient (Wildman–Crippen LogP) is 5.39. The molecule has 2 amide bonds. The number of aryl methyl sites for hydroxylation is 2. The number of hydrogen-bond donors (Lipinski definition) is 2. The van der Waals surface area contributed by atoms with Gasteiger partial charge in [-0.25, -0.2) is 9.78 Å². The van der Waals surface area contributed by atoms with Crippen molar-refractivity contribution in [2.75, 3.05) is 20.7 Å². The number of benzene rings is 1. The Labute approximate surface area is 244 Å². The molecule has 11 heteroatoms. The average Bonchev–Trinajstić information content (AvgIpc) is 3.42. The molecule has 10 nitrogen and oxygen atoms in total. The van der Waals surface area contributed by atoms with Gasteiger partial charge in [-0.2, -0.15) is 5.10 Å². The number of nitrogens with one attached hydrogen (secondary N) is 1. The van der Waals surface area contributed by atoms with Crippen molar-refractivity contribution in [2.24, 2.45) is 7.05 Å². The van der Waals surface area contributed by atoms with Crippen LogP contribution in [0.25, 0.3) is 16.8 Å². The van der Waals surface area contributed by atoms with E-state index in [2.05, 4.69) is 19.8 Å². The molecule has 0 saturated heterocycles. The van der Waals surface area contributed by atoms with E-state index in [1.165, 1.54) is 4.90 Å². The Balaban J connectivity index is 1.54. The van der Waals surface area contributed by atoms with Crippen molar-refractivity contribution in [2.45, 2.75) is 52.0 Å². The molecule has 1 aromatic carbocycles. The average molecular weight is 581 g/mol. The molecule has 0 bridgehead atoms. The van der Waals surface area contributed by atoms with Crippen molar-refractivity contribution in [3.05, 3.63) is 70.4 Å². The minimum absolute atomic E-state index is 0.140. The van der Waals surface area contributed by atoms with Crippen molar-refractivity contribution in [1.82, 2.24) is 29.4 Å². The lowest BCUT2D eigenvalue weighted by Gasteiger charge is -2.24. The minimum Gasteiger partial charge on any atom is -0.493 e. The van der Waals surface area contributed by atoms with Crippen molar-refractivity contribution in [3.63, 3.8) is 0 Å². The number of hydrogen-bond acceptors (Lipinski definition) is 5. The molecule has 0 unspecified atom stereocenters. The van der Waals surface area contributed by atoms with Crippen LogP contribution in [-0.2, 0) is 19.9 Å². The summed E-state index contributed by atoms with van der Waals surface area (Å²) in [6.07, 6.45) is 5.63.